The minimum Gasteiger partial charge on any atom is -0.371 e. The van der Waals surface area contributed by atoms with E-state index in [9.17, 15) is 21.6 Å². The first-order valence-electron chi connectivity index (χ1n) is 12.5. The van der Waals surface area contributed by atoms with Crippen molar-refractivity contribution in [2.75, 3.05) is 34.8 Å². The van der Waals surface area contributed by atoms with Crippen molar-refractivity contribution in [1.82, 2.24) is 0 Å². The highest BCUT2D eigenvalue weighted by atomic mass is 32.2. The lowest BCUT2D eigenvalue weighted by atomic mass is 9.93. The Morgan fingerprint density at radius 3 is 2.14 bits per heavy atom. The number of nitrogens with zero attached hydrogens (tertiary/aromatic N) is 1. The number of rotatable bonds is 7. The number of hydrogen-bond acceptors (Lipinski definition) is 6. The van der Waals surface area contributed by atoms with Gasteiger partial charge < -0.3 is 10.2 Å². The molecule has 196 valence electrons. The molecule has 0 bridgehead atoms. The molecule has 1 spiro atoms. The lowest BCUT2D eigenvalue weighted by Crippen LogP contribution is -2.35. The van der Waals surface area contributed by atoms with Crippen LogP contribution in [0.3, 0.4) is 0 Å². The maximum absolute atomic E-state index is 13.4. The molecule has 36 heavy (non-hydrogen) atoms. The van der Waals surface area contributed by atoms with E-state index in [1.54, 1.807) is 31.2 Å². The molecule has 0 unspecified atom stereocenters. The second-order valence-corrected chi connectivity index (χ2v) is 15.6. The van der Waals surface area contributed by atoms with Crippen LogP contribution >= 0.6 is 0 Å². The normalized spacial score (nSPS) is 17.7. The van der Waals surface area contributed by atoms with Crippen molar-refractivity contribution < 1.29 is 21.6 Å². The van der Waals surface area contributed by atoms with Crippen LogP contribution in [0.25, 0.3) is 0 Å². The number of piperidine rings is 1. The Morgan fingerprint density at radius 1 is 0.917 bits per heavy atom. The van der Waals surface area contributed by atoms with E-state index < -0.39 is 31.0 Å². The number of anilines is 2. The largest absolute Gasteiger partial charge is 0.371 e. The zero-order valence-corrected chi connectivity index (χ0v) is 23.1. The first-order chi connectivity index (χ1) is 16.7. The summed E-state index contributed by atoms with van der Waals surface area (Å²) in [6.45, 7) is 8.75. The molecule has 0 radical (unpaired) electrons. The van der Waals surface area contributed by atoms with Gasteiger partial charge in [-0.05, 0) is 72.9 Å². The molecule has 1 saturated heterocycles. The van der Waals surface area contributed by atoms with E-state index in [4.69, 9.17) is 0 Å². The summed E-state index contributed by atoms with van der Waals surface area (Å²) in [5, 5.41) is 2.83. The van der Waals surface area contributed by atoms with Crippen LogP contribution < -0.4 is 10.2 Å². The number of carbonyl (C=O) groups is 1. The summed E-state index contributed by atoms with van der Waals surface area (Å²) >= 11 is 0. The lowest BCUT2D eigenvalue weighted by Gasteiger charge is -2.35. The number of hydrogen-bond donors (Lipinski definition) is 1. The number of sulfone groups is 2. The van der Waals surface area contributed by atoms with Gasteiger partial charge in [-0.25, -0.2) is 16.8 Å². The molecule has 2 aliphatic rings. The van der Waals surface area contributed by atoms with Crippen LogP contribution in [-0.2, 0) is 19.7 Å². The van der Waals surface area contributed by atoms with Crippen molar-refractivity contribution in [3.63, 3.8) is 0 Å². The van der Waals surface area contributed by atoms with E-state index in [0.29, 0.717) is 22.4 Å². The van der Waals surface area contributed by atoms with E-state index in [-0.39, 0.29) is 21.3 Å². The summed E-state index contributed by atoms with van der Waals surface area (Å²) in [7, 11) is -6.96. The highest BCUT2D eigenvalue weighted by Gasteiger charge is 2.44. The van der Waals surface area contributed by atoms with Crippen LogP contribution in [0.15, 0.2) is 52.3 Å². The van der Waals surface area contributed by atoms with E-state index in [2.05, 4.69) is 10.2 Å². The summed E-state index contributed by atoms with van der Waals surface area (Å²) in [4.78, 5) is 15.9. The first kappa shape index (κ1) is 26.7. The van der Waals surface area contributed by atoms with Gasteiger partial charge in [0.15, 0.2) is 19.7 Å². The van der Waals surface area contributed by atoms with Gasteiger partial charge in [-0.15, -0.1) is 0 Å². The van der Waals surface area contributed by atoms with Gasteiger partial charge in [0.2, 0.25) is 0 Å². The molecule has 1 amide bonds. The van der Waals surface area contributed by atoms with E-state index in [1.807, 2.05) is 20.8 Å². The Morgan fingerprint density at radius 2 is 1.56 bits per heavy atom. The fourth-order valence-electron chi connectivity index (χ4n) is 4.84. The first-order valence-corrected chi connectivity index (χ1v) is 15.8. The molecule has 2 fully saturated rings. The minimum absolute atomic E-state index is 0.00857. The van der Waals surface area contributed by atoms with Crippen molar-refractivity contribution in [1.29, 1.82) is 0 Å². The number of carbonyl (C=O) groups excluding carboxylic acids is 1. The predicted octanol–water partition coefficient (Wildman–Crippen LogP) is 4.93. The molecule has 7 nitrogen and oxygen atoms in total. The number of amides is 1. The average molecular weight is 533 g/mol. The smallest absolute Gasteiger partial charge is 0.257 e. The molecule has 9 heteroatoms. The van der Waals surface area contributed by atoms with Gasteiger partial charge in [-0.3, -0.25) is 4.79 Å². The quantitative estimate of drug-likeness (QED) is 0.543. The molecule has 4 rings (SSSR count). The van der Waals surface area contributed by atoms with Gasteiger partial charge in [-0.1, -0.05) is 33.8 Å². The highest BCUT2D eigenvalue weighted by molar-refractivity contribution is 7.91. The fourth-order valence-corrected chi connectivity index (χ4v) is 7.64. The lowest BCUT2D eigenvalue weighted by molar-refractivity contribution is 0.102. The average Bonchev–Trinajstić information content (AvgIpc) is 3.56. The van der Waals surface area contributed by atoms with Crippen LogP contribution in [-0.4, -0.2) is 47.3 Å². The number of nitrogens with one attached hydrogen (secondary N) is 1. The van der Waals surface area contributed by atoms with Gasteiger partial charge >= 0.3 is 0 Å². The van der Waals surface area contributed by atoms with Crippen molar-refractivity contribution in [3.8, 4) is 0 Å². The predicted molar refractivity (Wildman–Crippen MR) is 143 cm³/mol. The van der Waals surface area contributed by atoms with Crippen LogP contribution in [0.2, 0.25) is 0 Å². The third kappa shape index (κ3) is 5.94. The summed E-state index contributed by atoms with van der Waals surface area (Å²) in [6, 6.07) is 10.9. The molecule has 1 aliphatic heterocycles. The van der Waals surface area contributed by atoms with Crippen LogP contribution in [0, 0.1) is 10.8 Å². The van der Waals surface area contributed by atoms with Gasteiger partial charge in [0.05, 0.1) is 32.5 Å². The Labute approximate surface area is 215 Å². The standard InChI is InChI=1S/C27H36N2O5S2/c1-5-35(31,32)22-9-10-23(24(18-22)29-15-13-27(11-12-27)14-16-29)25(30)28-20-7-6-8-21(17-20)36(33,34)19-26(2,3)4/h6-10,17-18H,5,11-16,19H2,1-4H3,(H,28,30). The zero-order chi connectivity index (χ0) is 26.4. The summed E-state index contributed by atoms with van der Waals surface area (Å²) in [5.41, 5.74) is 1.39. The molecule has 0 aromatic heterocycles. The Balaban J connectivity index is 1.63. The van der Waals surface area contributed by atoms with Gasteiger partial charge in [0, 0.05) is 18.8 Å². The third-order valence-electron chi connectivity index (χ3n) is 7.15. The molecule has 1 N–H and O–H groups in total. The molecular weight excluding hydrogens is 496 g/mol. The monoisotopic (exact) mass is 532 g/mol. The Bertz CT molecular complexity index is 1360. The van der Waals surface area contributed by atoms with E-state index in [1.165, 1.54) is 31.0 Å². The van der Waals surface area contributed by atoms with Gasteiger partial charge in [0.1, 0.15) is 0 Å². The summed E-state index contributed by atoms with van der Waals surface area (Å²) < 4.78 is 50.9. The summed E-state index contributed by atoms with van der Waals surface area (Å²) in [6.07, 6.45) is 4.55. The van der Waals surface area contributed by atoms with E-state index in [0.717, 1.165) is 25.9 Å². The van der Waals surface area contributed by atoms with Gasteiger partial charge in [-0.2, -0.15) is 0 Å². The Hall–Kier alpha value is -2.39. The van der Waals surface area contributed by atoms with Crippen molar-refractivity contribution in [2.45, 2.75) is 63.2 Å². The van der Waals surface area contributed by atoms with Crippen LogP contribution in [0.5, 0.6) is 0 Å². The Kier molecular flexibility index (Phi) is 7.03. The van der Waals surface area contributed by atoms with Crippen LogP contribution in [0.4, 0.5) is 11.4 Å². The van der Waals surface area contributed by atoms with Crippen molar-refractivity contribution >= 4 is 37.0 Å². The molecule has 2 aromatic carbocycles. The zero-order valence-electron chi connectivity index (χ0n) is 21.5. The third-order valence-corrected chi connectivity index (χ3v) is 11.1. The molecule has 1 heterocycles. The molecule has 2 aromatic rings. The fraction of sp³-hybridized carbons (Fsp3) is 0.519. The maximum atomic E-state index is 13.4. The van der Waals surface area contributed by atoms with Crippen molar-refractivity contribution in [3.05, 3.63) is 48.0 Å². The van der Waals surface area contributed by atoms with Crippen LogP contribution in [0.1, 0.15) is 63.7 Å². The molecular formula is C27H36N2O5S2. The number of benzene rings is 2. The second-order valence-electron chi connectivity index (χ2n) is 11.4. The second kappa shape index (κ2) is 9.49. The molecule has 0 atom stereocenters. The molecule has 1 aliphatic carbocycles. The highest BCUT2D eigenvalue weighted by Crippen LogP contribution is 2.54. The van der Waals surface area contributed by atoms with Gasteiger partial charge in [0.25, 0.3) is 5.91 Å². The maximum Gasteiger partial charge on any atom is 0.257 e. The SMILES string of the molecule is CCS(=O)(=O)c1ccc(C(=O)Nc2cccc(S(=O)(=O)CC(C)(C)C)c2)c(N2CCC3(CC2)CC3)c1. The molecule has 1 saturated carbocycles. The topological polar surface area (TPSA) is 101 Å². The minimum atomic E-state index is -3.52. The van der Waals surface area contributed by atoms with Crippen molar-refractivity contribution in [2.24, 2.45) is 10.8 Å². The summed E-state index contributed by atoms with van der Waals surface area (Å²) in [5.74, 6) is -0.426. The van der Waals surface area contributed by atoms with E-state index >= 15 is 0 Å².